The fourth-order valence-corrected chi connectivity index (χ4v) is 4.17. The highest BCUT2D eigenvalue weighted by molar-refractivity contribution is 7.92. The summed E-state index contributed by atoms with van der Waals surface area (Å²) in [5.41, 5.74) is 3.48. The third-order valence-corrected chi connectivity index (χ3v) is 5.82. The van der Waals surface area contributed by atoms with Crippen molar-refractivity contribution >= 4 is 26.6 Å². The molecule has 0 spiro atoms. The Morgan fingerprint density at radius 2 is 1.54 bits per heavy atom. The van der Waals surface area contributed by atoms with Gasteiger partial charge in [0.25, 0.3) is 10.0 Å². The van der Waals surface area contributed by atoms with Gasteiger partial charge < -0.3 is 0 Å². The molecule has 0 bridgehead atoms. The molecule has 0 fully saturated rings. The van der Waals surface area contributed by atoms with Crippen LogP contribution in [0.4, 0.5) is 5.69 Å². The standard InChI is InChI=1S/C22H19N3O2S/c26-28(27,21-10-4-5-15-23-21)25-20-14-13-18(19-9-6-16-24-22(19)20)12-11-17-7-2-1-3-8-17/h1-10,13-16,25H,11-12H2. The van der Waals surface area contributed by atoms with Crippen molar-refractivity contribution in [2.45, 2.75) is 17.9 Å². The molecule has 0 aliphatic heterocycles. The summed E-state index contributed by atoms with van der Waals surface area (Å²) >= 11 is 0. The minimum atomic E-state index is -3.77. The number of benzene rings is 2. The predicted molar refractivity (Wildman–Crippen MR) is 111 cm³/mol. The van der Waals surface area contributed by atoms with Gasteiger partial charge >= 0.3 is 0 Å². The molecule has 28 heavy (non-hydrogen) atoms. The summed E-state index contributed by atoms with van der Waals surface area (Å²) in [4.78, 5) is 8.36. The van der Waals surface area contributed by atoms with Crippen molar-refractivity contribution in [3.05, 3.63) is 96.3 Å². The summed E-state index contributed by atoms with van der Waals surface area (Å²) in [5.74, 6) is 0. The quantitative estimate of drug-likeness (QED) is 0.536. The van der Waals surface area contributed by atoms with E-state index in [1.54, 1.807) is 24.4 Å². The average molecular weight is 389 g/mol. The highest BCUT2D eigenvalue weighted by Crippen LogP contribution is 2.27. The number of nitrogens with one attached hydrogen (secondary N) is 1. The van der Waals surface area contributed by atoms with E-state index < -0.39 is 10.0 Å². The second kappa shape index (κ2) is 7.78. The smallest absolute Gasteiger partial charge is 0.276 e. The Balaban J connectivity index is 1.66. The summed E-state index contributed by atoms with van der Waals surface area (Å²) in [5, 5.41) is 0.923. The van der Waals surface area contributed by atoms with Crippen LogP contribution in [-0.4, -0.2) is 18.4 Å². The van der Waals surface area contributed by atoms with Crippen molar-refractivity contribution in [3.8, 4) is 0 Å². The van der Waals surface area contributed by atoms with Crippen molar-refractivity contribution in [1.82, 2.24) is 9.97 Å². The maximum atomic E-state index is 12.6. The molecule has 140 valence electrons. The SMILES string of the molecule is O=S(=O)(Nc1ccc(CCc2ccccc2)c2cccnc12)c1ccccn1. The monoisotopic (exact) mass is 389 g/mol. The topological polar surface area (TPSA) is 72.0 Å². The molecule has 0 saturated carbocycles. The summed E-state index contributed by atoms with van der Waals surface area (Å²) in [6.07, 6.45) is 4.88. The van der Waals surface area contributed by atoms with Gasteiger partial charge in [0.05, 0.1) is 11.2 Å². The molecule has 4 rings (SSSR count). The first-order chi connectivity index (χ1) is 13.6. The van der Waals surface area contributed by atoms with E-state index in [2.05, 4.69) is 26.8 Å². The van der Waals surface area contributed by atoms with E-state index in [0.717, 1.165) is 23.8 Å². The number of hydrogen-bond donors (Lipinski definition) is 1. The molecule has 0 atom stereocenters. The zero-order valence-electron chi connectivity index (χ0n) is 15.1. The summed E-state index contributed by atoms with van der Waals surface area (Å²) < 4.78 is 27.9. The number of fused-ring (bicyclic) bond motifs is 1. The van der Waals surface area contributed by atoms with E-state index in [-0.39, 0.29) is 5.03 Å². The van der Waals surface area contributed by atoms with Gasteiger partial charge in [-0.3, -0.25) is 9.71 Å². The van der Waals surface area contributed by atoms with Crippen LogP contribution in [0.3, 0.4) is 0 Å². The Morgan fingerprint density at radius 1 is 0.750 bits per heavy atom. The van der Waals surface area contributed by atoms with Crippen molar-refractivity contribution in [2.75, 3.05) is 4.72 Å². The van der Waals surface area contributed by atoms with Gasteiger partial charge in [-0.15, -0.1) is 0 Å². The molecular formula is C22H19N3O2S. The van der Waals surface area contributed by atoms with Crippen LogP contribution in [-0.2, 0) is 22.9 Å². The first-order valence-electron chi connectivity index (χ1n) is 8.98. The molecular weight excluding hydrogens is 370 g/mol. The zero-order valence-corrected chi connectivity index (χ0v) is 15.9. The van der Waals surface area contributed by atoms with E-state index in [4.69, 9.17) is 0 Å². The molecule has 2 heterocycles. The highest BCUT2D eigenvalue weighted by Gasteiger charge is 2.17. The fraction of sp³-hybridized carbons (Fsp3) is 0.0909. The summed E-state index contributed by atoms with van der Waals surface area (Å²) in [7, 11) is -3.77. The average Bonchev–Trinajstić information content (AvgIpc) is 2.74. The van der Waals surface area contributed by atoms with Crippen LogP contribution in [0.5, 0.6) is 0 Å². The Bertz CT molecular complexity index is 1190. The normalized spacial score (nSPS) is 11.4. The van der Waals surface area contributed by atoms with Gasteiger partial charge in [-0.1, -0.05) is 48.5 Å². The lowest BCUT2D eigenvalue weighted by molar-refractivity contribution is 0.597. The van der Waals surface area contributed by atoms with Crippen LogP contribution < -0.4 is 4.72 Å². The number of aryl methyl sites for hydroxylation is 2. The molecule has 0 saturated heterocycles. The van der Waals surface area contributed by atoms with Crippen LogP contribution in [0.1, 0.15) is 11.1 Å². The Morgan fingerprint density at radius 3 is 2.32 bits per heavy atom. The van der Waals surface area contributed by atoms with Gasteiger partial charge in [0.2, 0.25) is 0 Å². The van der Waals surface area contributed by atoms with Crippen LogP contribution in [0.2, 0.25) is 0 Å². The van der Waals surface area contributed by atoms with Gasteiger partial charge in [-0.25, -0.2) is 4.98 Å². The van der Waals surface area contributed by atoms with Crippen LogP contribution in [0.25, 0.3) is 10.9 Å². The summed E-state index contributed by atoms with van der Waals surface area (Å²) in [6, 6.07) is 22.6. The largest absolute Gasteiger partial charge is 0.279 e. The maximum absolute atomic E-state index is 12.6. The third-order valence-electron chi connectivity index (χ3n) is 4.54. The molecule has 5 nitrogen and oxygen atoms in total. The number of anilines is 1. The molecule has 4 aromatic rings. The zero-order chi connectivity index (χ0) is 19.4. The van der Waals surface area contributed by atoms with Crippen LogP contribution in [0.15, 0.2) is 90.2 Å². The lowest BCUT2D eigenvalue weighted by atomic mass is 10.00. The third kappa shape index (κ3) is 3.87. The molecule has 0 aliphatic rings. The number of hydrogen-bond acceptors (Lipinski definition) is 4. The van der Waals surface area contributed by atoms with E-state index in [0.29, 0.717) is 11.2 Å². The number of pyridine rings is 2. The maximum Gasteiger partial charge on any atom is 0.279 e. The van der Waals surface area contributed by atoms with Crippen LogP contribution >= 0.6 is 0 Å². The number of nitrogens with zero attached hydrogens (tertiary/aromatic N) is 2. The molecule has 0 unspecified atom stereocenters. The van der Waals surface area contributed by atoms with Gasteiger partial charge in [0.15, 0.2) is 5.03 Å². The van der Waals surface area contributed by atoms with Crippen molar-refractivity contribution in [2.24, 2.45) is 0 Å². The minimum absolute atomic E-state index is 0.0211. The van der Waals surface area contributed by atoms with E-state index >= 15 is 0 Å². The van der Waals surface area contributed by atoms with Crippen molar-refractivity contribution in [3.63, 3.8) is 0 Å². The molecule has 2 aromatic heterocycles. The number of sulfonamides is 1. The fourth-order valence-electron chi connectivity index (χ4n) is 3.16. The lowest BCUT2D eigenvalue weighted by Crippen LogP contribution is -2.15. The number of aromatic nitrogens is 2. The minimum Gasteiger partial charge on any atom is -0.276 e. The Labute approximate surface area is 164 Å². The van der Waals surface area contributed by atoms with E-state index in [9.17, 15) is 8.42 Å². The van der Waals surface area contributed by atoms with Crippen molar-refractivity contribution in [1.29, 1.82) is 0 Å². The van der Waals surface area contributed by atoms with Gasteiger partial charge in [0.1, 0.15) is 0 Å². The second-order valence-corrected chi connectivity index (χ2v) is 8.06. The number of rotatable bonds is 6. The van der Waals surface area contributed by atoms with E-state index in [1.807, 2.05) is 36.4 Å². The Hall–Kier alpha value is -3.25. The van der Waals surface area contributed by atoms with E-state index in [1.165, 1.54) is 17.8 Å². The second-order valence-electron chi connectivity index (χ2n) is 6.43. The Kier molecular flexibility index (Phi) is 5.04. The molecule has 6 heteroatoms. The van der Waals surface area contributed by atoms with Gasteiger partial charge in [-0.2, -0.15) is 8.42 Å². The molecule has 0 radical (unpaired) electrons. The van der Waals surface area contributed by atoms with Gasteiger partial charge in [-0.05, 0) is 48.2 Å². The van der Waals surface area contributed by atoms with Crippen molar-refractivity contribution < 1.29 is 8.42 Å². The predicted octanol–water partition coefficient (Wildman–Crippen LogP) is 4.22. The molecule has 0 aliphatic carbocycles. The lowest BCUT2D eigenvalue weighted by Gasteiger charge is -2.12. The summed E-state index contributed by atoms with van der Waals surface area (Å²) in [6.45, 7) is 0. The molecule has 0 amide bonds. The first-order valence-corrected chi connectivity index (χ1v) is 10.5. The first kappa shape index (κ1) is 18.1. The highest BCUT2D eigenvalue weighted by atomic mass is 32.2. The van der Waals surface area contributed by atoms with Gasteiger partial charge in [0, 0.05) is 17.8 Å². The molecule has 1 N–H and O–H groups in total. The molecule has 2 aromatic carbocycles. The van der Waals surface area contributed by atoms with Crippen LogP contribution in [0, 0.1) is 0 Å².